The second-order valence-electron chi connectivity index (χ2n) is 6.52. The van der Waals surface area contributed by atoms with Crippen LogP contribution in [0.5, 0.6) is 0 Å². The number of piperazine rings is 1. The molecule has 0 bridgehead atoms. The molecular weight excluding hydrogens is 266 g/mol. The molecule has 0 aromatic carbocycles. The lowest BCUT2D eigenvalue weighted by Gasteiger charge is -2.48. The lowest BCUT2D eigenvalue weighted by Crippen LogP contribution is -2.63. The normalized spacial score (nSPS) is 23.4. The summed E-state index contributed by atoms with van der Waals surface area (Å²) in [6, 6.07) is 0.656. The van der Waals surface area contributed by atoms with Crippen molar-refractivity contribution in [3.63, 3.8) is 0 Å². The molecule has 20 heavy (non-hydrogen) atoms. The van der Waals surface area contributed by atoms with Gasteiger partial charge < -0.3 is 5.32 Å². The fraction of sp³-hybridized carbons (Fsp3) is 0.812. The van der Waals surface area contributed by atoms with Gasteiger partial charge in [-0.25, -0.2) is 0 Å². The van der Waals surface area contributed by atoms with Gasteiger partial charge in [0, 0.05) is 42.3 Å². The van der Waals surface area contributed by atoms with Gasteiger partial charge in [0.05, 0.1) is 5.51 Å². The van der Waals surface area contributed by atoms with E-state index < -0.39 is 0 Å². The number of rotatable bonds is 6. The van der Waals surface area contributed by atoms with E-state index in [2.05, 4.69) is 42.9 Å². The van der Waals surface area contributed by atoms with Crippen molar-refractivity contribution in [2.45, 2.75) is 65.1 Å². The van der Waals surface area contributed by atoms with Gasteiger partial charge in [0.1, 0.15) is 0 Å². The van der Waals surface area contributed by atoms with E-state index in [1.54, 1.807) is 11.3 Å². The third-order valence-corrected chi connectivity index (χ3v) is 5.44. The Labute approximate surface area is 127 Å². The van der Waals surface area contributed by atoms with Crippen LogP contribution in [0.15, 0.2) is 11.7 Å². The highest BCUT2D eigenvalue weighted by atomic mass is 32.1. The highest BCUT2D eigenvalue weighted by Gasteiger charge is 2.36. The first-order valence-electron chi connectivity index (χ1n) is 7.95. The molecule has 114 valence electrons. The van der Waals surface area contributed by atoms with E-state index in [0.717, 1.165) is 25.6 Å². The second kappa shape index (κ2) is 7.01. The maximum Gasteiger partial charge on any atom is 0.0794 e. The summed E-state index contributed by atoms with van der Waals surface area (Å²) in [5.41, 5.74) is 2.25. The summed E-state index contributed by atoms with van der Waals surface area (Å²) in [5, 5.41) is 3.84. The Morgan fingerprint density at radius 1 is 1.45 bits per heavy atom. The number of nitrogens with one attached hydrogen (secondary N) is 1. The molecule has 1 N–H and O–H groups in total. The van der Waals surface area contributed by atoms with Crippen LogP contribution in [0.1, 0.15) is 51.8 Å². The number of aromatic nitrogens is 1. The first kappa shape index (κ1) is 15.9. The lowest BCUT2D eigenvalue weighted by molar-refractivity contribution is 0.0568. The standard InChI is InChI=1S/C16H29N3S/c1-5-16(6-2)11-19(10-15-9-17-12-20-15)14(8-18-16)7-13(3)4/h9,12-14,18H,5-8,10-11H2,1-4H3. The van der Waals surface area contributed by atoms with Gasteiger partial charge in [0.15, 0.2) is 0 Å². The fourth-order valence-electron chi connectivity index (χ4n) is 3.24. The first-order valence-corrected chi connectivity index (χ1v) is 8.83. The lowest BCUT2D eigenvalue weighted by atomic mass is 9.87. The first-order chi connectivity index (χ1) is 9.58. The smallest absolute Gasteiger partial charge is 0.0794 e. The molecule has 1 unspecified atom stereocenters. The minimum atomic E-state index is 0.304. The molecule has 1 fully saturated rings. The minimum absolute atomic E-state index is 0.304. The van der Waals surface area contributed by atoms with Crippen molar-refractivity contribution < 1.29 is 0 Å². The molecule has 0 radical (unpaired) electrons. The number of hydrogen-bond acceptors (Lipinski definition) is 4. The van der Waals surface area contributed by atoms with Crippen LogP contribution < -0.4 is 5.32 Å². The van der Waals surface area contributed by atoms with E-state index in [-0.39, 0.29) is 0 Å². The molecular formula is C16H29N3S. The van der Waals surface area contributed by atoms with Crippen LogP contribution in [0.25, 0.3) is 0 Å². The van der Waals surface area contributed by atoms with E-state index in [0.29, 0.717) is 11.6 Å². The van der Waals surface area contributed by atoms with E-state index >= 15 is 0 Å². The van der Waals surface area contributed by atoms with Crippen molar-refractivity contribution in [2.24, 2.45) is 5.92 Å². The van der Waals surface area contributed by atoms with Gasteiger partial charge in [-0.15, -0.1) is 11.3 Å². The molecule has 2 heterocycles. The van der Waals surface area contributed by atoms with Crippen molar-refractivity contribution in [3.05, 3.63) is 16.6 Å². The average molecular weight is 295 g/mol. The third kappa shape index (κ3) is 3.80. The molecule has 3 nitrogen and oxygen atoms in total. The summed E-state index contributed by atoms with van der Waals surface area (Å²) in [7, 11) is 0. The molecule has 1 aromatic rings. The van der Waals surface area contributed by atoms with Gasteiger partial charge >= 0.3 is 0 Å². The predicted octanol–water partition coefficient (Wildman–Crippen LogP) is 3.52. The molecule has 1 atom stereocenters. The summed E-state index contributed by atoms with van der Waals surface area (Å²) in [6.45, 7) is 12.6. The van der Waals surface area contributed by atoms with Crippen molar-refractivity contribution >= 4 is 11.3 Å². The Morgan fingerprint density at radius 3 is 2.75 bits per heavy atom. The van der Waals surface area contributed by atoms with E-state index in [1.807, 2.05) is 11.7 Å². The van der Waals surface area contributed by atoms with E-state index in [4.69, 9.17) is 0 Å². The van der Waals surface area contributed by atoms with E-state index in [9.17, 15) is 0 Å². The van der Waals surface area contributed by atoms with Crippen LogP contribution in [-0.4, -0.2) is 34.6 Å². The average Bonchev–Trinajstić information content (AvgIpc) is 2.93. The molecule has 0 aliphatic carbocycles. The topological polar surface area (TPSA) is 28.2 Å². The Bertz CT molecular complexity index is 384. The van der Waals surface area contributed by atoms with Crippen LogP contribution in [0.3, 0.4) is 0 Å². The van der Waals surface area contributed by atoms with Gasteiger partial charge in [-0.05, 0) is 25.2 Å². The molecule has 0 spiro atoms. The van der Waals surface area contributed by atoms with Crippen molar-refractivity contribution in [1.82, 2.24) is 15.2 Å². The summed E-state index contributed by atoms with van der Waals surface area (Å²) in [5.74, 6) is 0.751. The van der Waals surface area contributed by atoms with Gasteiger partial charge in [-0.3, -0.25) is 9.88 Å². The van der Waals surface area contributed by atoms with Crippen LogP contribution in [-0.2, 0) is 6.54 Å². The zero-order valence-electron chi connectivity index (χ0n) is 13.4. The largest absolute Gasteiger partial charge is 0.308 e. The molecule has 1 saturated heterocycles. The quantitative estimate of drug-likeness (QED) is 0.870. The monoisotopic (exact) mass is 295 g/mol. The molecule has 2 rings (SSSR count). The van der Waals surface area contributed by atoms with Crippen LogP contribution in [0.2, 0.25) is 0 Å². The fourth-order valence-corrected chi connectivity index (χ4v) is 3.86. The molecule has 1 aromatic heterocycles. The Kier molecular flexibility index (Phi) is 5.58. The second-order valence-corrected chi connectivity index (χ2v) is 7.50. The number of nitrogens with zero attached hydrogens (tertiary/aromatic N) is 2. The Morgan fingerprint density at radius 2 is 2.20 bits per heavy atom. The molecule has 4 heteroatoms. The maximum atomic E-state index is 4.23. The van der Waals surface area contributed by atoms with Crippen molar-refractivity contribution in [3.8, 4) is 0 Å². The molecule has 0 amide bonds. The zero-order chi connectivity index (χ0) is 14.6. The van der Waals surface area contributed by atoms with Crippen LogP contribution >= 0.6 is 11.3 Å². The van der Waals surface area contributed by atoms with Gasteiger partial charge in [-0.2, -0.15) is 0 Å². The predicted molar refractivity (Wildman–Crippen MR) is 87.1 cm³/mol. The van der Waals surface area contributed by atoms with Gasteiger partial charge in [0.25, 0.3) is 0 Å². The summed E-state index contributed by atoms with van der Waals surface area (Å²) in [4.78, 5) is 8.31. The molecule has 0 saturated carbocycles. The number of thiazole rings is 1. The highest BCUT2D eigenvalue weighted by molar-refractivity contribution is 7.09. The van der Waals surface area contributed by atoms with E-state index in [1.165, 1.54) is 24.1 Å². The SMILES string of the molecule is CCC1(CC)CN(Cc2cncs2)C(CC(C)C)CN1. The van der Waals surface area contributed by atoms with Gasteiger partial charge in [-0.1, -0.05) is 27.7 Å². The van der Waals surface area contributed by atoms with Gasteiger partial charge in [0.2, 0.25) is 0 Å². The third-order valence-electron chi connectivity index (χ3n) is 4.67. The Balaban J connectivity index is 2.09. The minimum Gasteiger partial charge on any atom is -0.308 e. The number of hydrogen-bond donors (Lipinski definition) is 1. The molecule has 1 aliphatic heterocycles. The van der Waals surface area contributed by atoms with Crippen molar-refractivity contribution in [2.75, 3.05) is 13.1 Å². The summed E-state index contributed by atoms with van der Waals surface area (Å²) in [6.07, 6.45) is 5.71. The highest BCUT2D eigenvalue weighted by Crippen LogP contribution is 2.27. The summed E-state index contributed by atoms with van der Waals surface area (Å²) >= 11 is 1.78. The maximum absolute atomic E-state index is 4.23. The summed E-state index contributed by atoms with van der Waals surface area (Å²) < 4.78 is 0. The molecule has 1 aliphatic rings. The van der Waals surface area contributed by atoms with Crippen molar-refractivity contribution in [1.29, 1.82) is 0 Å². The zero-order valence-corrected chi connectivity index (χ0v) is 14.2. The van der Waals surface area contributed by atoms with Crippen LogP contribution in [0.4, 0.5) is 0 Å². The van der Waals surface area contributed by atoms with Crippen LogP contribution in [0, 0.1) is 5.92 Å². The Hall–Kier alpha value is -0.450.